The fraction of sp³-hybridized carbons (Fsp3) is 0.619. The number of likely N-dealkylation sites (tertiary alicyclic amines) is 1. The van der Waals surface area contributed by atoms with Gasteiger partial charge in [-0.15, -0.1) is 12.4 Å². The number of nitrogens with one attached hydrogen (secondary N) is 2. The lowest BCUT2D eigenvalue weighted by atomic mass is 10.0. The minimum atomic E-state index is -0.0550. The molecule has 2 amide bonds. The van der Waals surface area contributed by atoms with Crippen molar-refractivity contribution in [2.45, 2.75) is 52.0 Å². The summed E-state index contributed by atoms with van der Waals surface area (Å²) in [6.45, 7) is 6.59. The lowest BCUT2D eigenvalue weighted by Crippen LogP contribution is -2.45. The molecule has 0 bridgehead atoms. The molecule has 7 heteroatoms. The van der Waals surface area contributed by atoms with E-state index >= 15 is 0 Å². The van der Waals surface area contributed by atoms with Crippen LogP contribution in [0.5, 0.6) is 0 Å². The highest BCUT2D eigenvalue weighted by Gasteiger charge is 2.27. The molecule has 2 N–H and O–H groups in total. The number of rotatable bonds is 7. The van der Waals surface area contributed by atoms with Gasteiger partial charge in [-0.3, -0.25) is 9.59 Å². The molecule has 1 aliphatic carbocycles. The molecule has 1 aromatic carbocycles. The monoisotopic (exact) mass is 427 g/mol. The van der Waals surface area contributed by atoms with E-state index in [0.29, 0.717) is 28.7 Å². The van der Waals surface area contributed by atoms with E-state index in [0.717, 1.165) is 38.4 Å². The van der Waals surface area contributed by atoms with Crippen LogP contribution < -0.4 is 10.6 Å². The maximum atomic E-state index is 12.9. The molecule has 0 aromatic heterocycles. The van der Waals surface area contributed by atoms with Crippen LogP contribution in [0.2, 0.25) is 5.02 Å². The Labute approximate surface area is 179 Å². The van der Waals surface area contributed by atoms with Crippen LogP contribution in [-0.2, 0) is 4.79 Å². The average molecular weight is 428 g/mol. The van der Waals surface area contributed by atoms with E-state index in [-0.39, 0.29) is 30.1 Å². The summed E-state index contributed by atoms with van der Waals surface area (Å²) in [5.41, 5.74) is 1.08. The Morgan fingerprint density at radius 3 is 2.46 bits per heavy atom. The van der Waals surface area contributed by atoms with Gasteiger partial charge in [0.2, 0.25) is 5.91 Å². The second-order valence-electron chi connectivity index (χ2n) is 8.26. The molecule has 3 rings (SSSR count). The summed E-state index contributed by atoms with van der Waals surface area (Å²) in [6.07, 6.45) is 5.11. The summed E-state index contributed by atoms with van der Waals surface area (Å²) < 4.78 is 0. The first-order valence-corrected chi connectivity index (χ1v) is 10.4. The number of carbonyl (C=O) groups is 2. The van der Waals surface area contributed by atoms with Crippen molar-refractivity contribution in [3.8, 4) is 0 Å². The molecule has 1 saturated heterocycles. The van der Waals surface area contributed by atoms with Crippen molar-refractivity contribution in [2.24, 2.45) is 11.8 Å². The zero-order valence-corrected chi connectivity index (χ0v) is 18.2. The van der Waals surface area contributed by atoms with Gasteiger partial charge in [0, 0.05) is 31.2 Å². The van der Waals surface area contributed by atoms with Crippen LogP contribution in [0.25, 0.3) is 0 Å². The number of nitrogens with zero attached hydrogens (tertiary/aromatic N) is 1. The zero-order chi connectivity index (χ0) is 19.4. The summed E-state index contributed by atoms with van der Waals surface area (Å²) in [6, 6.07) is 5.63. The smallest absolute Gasteiger partial charge is 0.255 e. The summed E-state index contributed by atoms with van der Waals surface area (Å²) in [4.78, 5) is 26.8. The Morgan fingerprint density at radius 1 is 1.18 bits per heavy atom. The SMILES string of the molecule is CC(C)CC(=O)Nc1ccc(Cl)c(C(=O)N2CCC(NCC3CC3)CC2)c1.Cl. The predicted molar refractivity (Wildman–Crippen MR) is 116 cm³/mol. The third kappa shape index (κ3) is 6.64. The Morgan fingerprint density at radius 2 is 1.86 bits per heavy atom. The Kier molecular flexibility index (Phi) is 8.59. The Hall–Kier alpha value is -1.30. The molecule has 1 aliphatic heterocycles. The molecule has 1 saturated carbocycles. The van der Waals surface area contributed by atoms with E-state index in [9.17, 15) is 9.59 Å². The minimum absolute atomic E-state index is 0. The highest BCUT2D eigenvalue weighted by atomic mass is 35.5. The molecule has 28 heavy (non-hydrogen) atoms. The van der Waals surface area contributed by atoms with Gasteiger partial charge >= 0.3 is 0 Å². The molecular formula is C21H31Cl2N3O2. The van der Waals surface area contributed by atoms with Crippen molar-refractivity contribution >= 4 is 41.5 Å². The molecular weight excluding hydrogens is 397 g/mol. The fourth-order valence-corrected chi connectivity index (χ4v) is 3.66. The normalized spacial score (nSPS) is 17.4. The van der Waals surface area contributed by atoms with Crippen LogP contribution in [0.3, 0.4) is 0 Å². The third-order valence-corrected chi connectivity index (χ3v) is 5.58. The third-order valence-electron chi connectivity index (χ3n) is 5.25. The molecule has 1 aromatic rings. The average Bonchev–Trinajstić information content (AvgIpc) is 3.45. The second-order valence-corrected chi connectivity index (χ2v) is 8.67. The van der Waals surface area contributed by atoms with E-state index in [1.807, 2.05) is 18.7 Å². The van der Waals surface area contributed by atoms with Crippen molar-refractivity contribution in [2.75, 3.05) is 25.0 Å². The molecule has 0 atom stereocenters. The first-order valence-electron chi connectivity index (χ1n) is 10.0. The van der Waals surface area contributed by atoms with Gasteiger partial charge in [-0.05, 0) is 62.3 Å². The van der Waals surface area contributed by atoms with Crippen LogP contribution in [0.15, 0.2) is 18.2 Å². The Balaban J connectivity index is 0.00000280. The van der Waals surface area contributed by atoms with Crippen molar-refractivity contribution in [3.05, 3.63) is 28.8 Å². The maximum Gasteiger partial charge on any atom is 0.255 e. The first-order chi connectivity index (χ1) is 12.9. The second kappa shape index (κ2) is 10.5. The van der Waals surface area contributed by atoms with Gasteiger partial charge in [0.05, 0.1) is 10.6 Å². The van der Waals surface area contributed by atoms with Crippen LogP contribution >= 0.6 is 24.0 Å². The minimum Gasteiger partial charge on any atom is -0.338 e. The summed E-state index contributed by atoms with van der Waals surface area (Å²) in [5.74, 6) is 1.05. The predicted octanol–water partition coefficient (Wildman–Crippen LogP) is 4.35. The Bertz CT molecular complexity index is 684. The molecule has 0 unspecified atom stereocenters. The molecule has 156 valence electrons. The molecule has 5 nitrogen and oxygen atoms in total. The standard InChI is InChI=1S/C21H30ClN3O2.ClH/c1-14(2)11-20(26)24-17-5-6-19(22)18(12-17)21(27)25-9-7-16(8-10-25)23-13-15-3-4-15;/h5-6,12,14-16,23H,3-4,7-11,13H2,1-2H3,(H,24,26);1H. The van der Waals surface area contributed by atoms with E-state index in [4.69, 9.17) is 11.6 Å². The first kappa shape index (κ1) is 23.0. The summed E-state index contributed by atoms with van der Waals surface area (Å²) in [7, 11) is 0. The van der Waals surface area contributed by atoms with Gasteiger partial charge < -0.3 is 15.5 Å². The maximum absolute atomic E-state index is 12.9. The lowest BCUT2D eigenvalue weighted by Gasteiger charge is -2.33. The number of hydrogen-bond acceptors (Lipinski definition) is 3. The molecule has 2 fully saturated rings. The van der Waals surface area contributed by atoms with Crippen LogP contribution in [-0.4, -0.2) is 42.4 Å². The number of carbonyl (C=O) groups excluding carboxylic acids is 2. The van der Waals surface area contributed by atoms with Gasteiger partial charge in [0.15, 0.2) is 0 Å². The summed E-state index contributed by atoms with van der Waals surface area (Å²) in [5, 5.41) is 6.92. The van der Waals surface area contributed by atoms with E-state index in [2.05, 4.69) is 10.6 Å². The highest BCUT2D eigenvalue weighted by Crippen LogP contribution is 2.28. The van der Waals surface area contributed by atoms with Crippen molar-refractivity contribution in [3.63, 3.8) is 0 Å². The molecule has 0 spiro atoms. The van der Waals surface area contributed by atoms with Gasteiger partial charge in [-0.2, -0.15) is 0 Å². The number of halogens is 2. The van der Waals surface area contributed by atoms with Crippen LogP contribution in [0.4, 0.5) is 5.69 Å². The van der Waals surface area contributed by atoms with E-state index in [1.165, 1.54) is 12.8 Å². The van der Waals surface area contributed by atoms with Crippen molar-refractivity contribution < 1.29 is 9.59 Å². The van der Waals surface area contributed by atoms with Crippen molar-refractivity contribution in [1.82, 2.24) is 10.2 Å². The topological polar surface area (TPSA) is 61.4 Å². The largest absolute Gasteiger partial charge is 0.338 e. The quantitative estimate of drug-likeness (QED) is 0.679. The van der Waals surface area contributed by atoms with Crippen LogP contribution in [0, 0.1) is 11.8 Å². The number of benzene rings is 1. The van der Waals surface area contributed by atoms with Gasteiger partial charge in [0.25, 0.3) is 5.91 Å². The fourth-order valence-electron chi connectivity index (χ4n) is 3.46. The summed E-state index contributed by atoms with van der Waals surface area (Å²) >= 11 is 6.28. The van der Waals surface area contributed by atoms with Gasteiger partial charge in [-0.25, -0.2) is 0 Å². The number of amides is 2. The lowest BCUT2D eigenvalue weighted by molar-refractivity contribution is -0.116. The van der Waals surface area contributed by atoms with Crippen LogP contribution in [0.1, 0.15) is 56.3 Å². The molecule has 2 aliphatic rings. The number of hydrogen-bond donors (Lipinski definition) is 2. The number of piperidine rings is 1. The molecule has 0 radical (unpaired) electrons. The zero-order valence-electron chi connectivity index (χ0n) is 16.7. The molecule has 1 heterocycles. The highest BCUT2D eigenvalue weighted by molar-refractivity contribution is 6.34. The number of anilines is 1. The van der Waals surface area contributed by atoms with Gasteiger partial charge in [0.1, 0.15) is 0 Å². The van der Waals surface area contributed by atoms with E-state index in [1.54, 1.807) is 18.2 Å². The van der Waals surface area contributed by atoms with E-state index < -0.39 is 0 Å². The van der Waals surface area contributed by atoms with Crippen molar-refractivity contribution in [1.29, 1.82) is 0 Å². The van der Waals surface area contributed by atoms with Gasteiger partial charge in [-0.1, -0.05) is 25.4 Å².